The first-order valence-corrected chi connectivity index (χ1v) is 10.3. The van der Waals surface area contributed by atoms with Crippen molar-refractivity contribution in [2.75, 3.05) is 11.1 Å². The van der Waals surface area contributed by atoms with Crippen LogP contribution >= 0.6 is 11.8 Å². The first-order chi connectivity index (χ1) is 15.0. The normalized spacial score (nSPS) is 16.4. The van der Waals surface area contributed by atoms with Crippen molar-refractivity contribution in [2.24, 2.45) is 4.99 Å². The zero-order valence-electron chi connectivity index (χ0n) is 15.9. The molecule has 0 spiro atoms. The number of hydrogen-bond donors (Lipinski definition) is 1. The van der Waals surface area contributed by atoms with Crippen LogP contribution in [-0.4, -0.2) is 10.8 Å². The number of halogens is 5. The Morgan fingerprint density at radius 1 is 0.806 bits per heavy atom. The Bertz CT molecular complexity index is 1130. The van der Waals surface area contributed by atoms with Crippen molar-refractivity contribution >= 4 is 28.2 Å². The molecule has 31 heavy (non-hydrogen) atoms. The van der Waals surface area contributed by atoms with Crippen LogP contribution in [0.3, 0.4) is 0 Å². The molecule has 0 bridgehead atoms. The molecule has 1 unspecified atom stereocenters. The SMILES string of the molecule is Fc1c(F)c(F)c(NC(=CC2=NC(c3ccccc3)CS2)c2ccccc2)c(F)c1F. The van der Waals surface area contributed by atoms with E-state index in [4.69, 9.17) is 0 Å². The summed E-state index contributed by atoms with van der Waals surface area (Å²) in [7, 11) is 0. The zero-order valence-corrected chi connectivity index (χ0v) is 16.7. The van der Waals surface area contributed by atoms with Gasteiger partial charge in [-0.3, -0.25) is 4.99 Å². The molecule has 0 radical (unpaired) electrons. The topological polar surface area (TPSA) is 24.4 Å². The molecule has 1 N–H and O–H groups in total. The second kappa shape index (κ2) is 8.93. The van der Waals surface area contributed by atoms with Gasteiger partial charge in [0.2, 0.25) is 5.82 Å². The van der Waals surface area contributed by atoms with Gasteiger partial charge in [0.05, 0.1) is 11.1 Å². The molecule has 1 aliphatic rings. The number of rotatable bonds is 5. The molecular formula is C23H15F5N2S. The number of aliphatic imine (C=N–C) groups is 1. The summed E-state index contributed by atoms with van der Waals surface area (Å²) < 4.78 is 69.2. The fourth-order valence-electron chi connectivity index (χ4n) is 3.10. The van der Waals surface area contributed by atoms with Crippen molar-refractivity contribution in [3.63, 3.8) is 0 Å². The third kappa shape index (κ3) is 4.34. The van der Waals surface area contributed by atoms with Crippen LogP contribution in [0.2, 0.25) is 0 Å². The van der Waals surface area contributed by atoms with E-state index in [-0.39, 0.29) is 11.7 Å². The number of nitrogens with zero attached hydrogens (tertiary/aromatic N) is 1. The monoisotopic (exact) mass is 446 g/mol. The minimum Gasteiger partial charge on any atom is -0.350 e. The van der Waals surface area contributed by atoms with E-state index in [0.29, 0.717) is 16.4 Å². The molecular weight excluding hydrogens is 431 g/mol. The van der Waals surface area contributed by atoms with Gasteiger partial charge in [0, 0.05) is 11.4 Å². The summed E-state index contributed by atoms with van der Waals surface area (Å²) in [5, 5.41) is 2.97. The summed E-state index contributed by atoms with van der Waals surface area (Å²) in [6.45, 7) is 0. The van der Waals surface area contributed by atoms with Crippen LogP contribution in [-0.2, 0) is 0 Å². The molecule has 8 heteroatoms. The highest BCUT2D eigenvalue weighted by molar-refractivity contribution is 8.14. The lowest BCUT2D eigenvalue weighted by Gasteiger charge is -2.14. The highest BCUT2D eigenvalue weighted by Gasteiger charge is 2.27. The lowest BCUT2D eigenvalue weighted by atomic mass is 10.1. The molecule has 158 valence electrons. The molecule has 0 saturated carbocycles. The summed E-state index contributed by atoms with van der Waals surface area (Å²) >= 11 is 1.43. The number of anilines is 1. The molecule has 0 amide bonds. The molecule has 0 aliphatic carbocycles. The fourth-order valence-corrected chi connectivity index (χ4v) is 4.10. The first kappa shape index (κ1) is 21.1. The Morgan fingerprint density at radius 2 is 1.35 bits per heavy atom. The third-order valence-electron chi connectivity index (χ3n) is 4.68. The van der Waals surface area contributed by atoms with Crippen LogP contribution in [0.1, 0.15) is 17.2 Å². The Kier molecular flexibility index (Phi) is 6.08. The van der Waals surface area contributed by atoms with Gasteiger partial charge in [0.15, 0.2) is 23.3 Å². The van der Waals surface area contributed by atoms with Gasteiger partial charge in [-0.05, 0) is 17.2 Å². The molecule has 1 aliphatic heterocycles. The Labute approximate surface area is 179 Å². The number of thioether (sulfide) groups is 1. The van der Waals surface area contributed by atoms with E-state index in [2.05, 4.69) is 10.3 Å². The van der Waals surface area contributed by atoms with Crippen molar-refractivity contribution in [2.45, 2.75) is 6.04 Å². The van der Waals surface area contributed by atoms with Crippen molar-refractivity contribution in [1.29, 1.82) is 0 Å². The average Bonchev–Trinajstić information content (AvgIpc) is 3.28. The quantitative estimate of drug-likeness (QED) is 0.267. The van der Waals surface area contributed by atoms with Gasteiger partial charge in [0.1, 0.15) is 5.69 Å². The smallest absolute Gasteiger partial charge is 0.200 e. The van der Waals surface area contributed by atoms with Gasteiger partial charge in [-0.2, -0.15) is 0 Å². The van der Waals surface area contributed by atoms with Crippen LogP contribution in [0.25, 0.3) is 5.70 Å². The summed E-state index contributed by atoms with van der Waals surface area (Å²) in [5.74, 6) is -9.41. The molecule has 2 nitrogen and oxygen atoms in total. The van der Waals surface area contributed by atoms with E-state index in [1.807, 2.05) is 30.3 Å². The predicted molar refractivity (Wildman–Crippen MR) is 113 cm³/mol. The molecule has 0 saturated heterocycles. The maximum absolute atomic E-state index is 14.2. The van der Waals surface area contributed by atoms with E-state index in [0.717, 1.165) is 5.56 Å². The molecule has 3 aromatic carbocycles. The predicted octanol–water partition coefficient (Wildman–Crippen LogP) is 6.72. The Hall–Kier alpha value is -3.13. The highest BCUT2D eigenvalue weighted by Crippen LogP contribution is 2.34. The number of hydrogen-bond acceptors (Lipinski definition) is 3. The van der Waals surface area contributed by atoms with E-state index in [9.17, 15) is 22.0 Å². The van der Waals surface area contributed by atoms with E-state index in [1.165, 1.54) is 11.8 Å². The van der Waals surface area contributed by atoms with E-state index < -0.39 is 34.8 Å². The van der Waals surface area contributed by atoms with E-state index >= 15 is 0 Å². The van der Waals surface area contributed by atoms with Gasteiger partial charge in [0.25, 0.3) is 0 Å². The number of nitrogens with one attached hydrogen (secondary N) is 1. The first-order valence-electron chi connectivity index (χ1n) is 9.27. The van der Waals surface area contributed by atoms with Crippen molar-refractivity contribution in [1.82, 2.24) is 0 Å². The van der Waals surface area contributed by atoms with Crippen LogP contribution in [0.15, 0.2) is 71.7 Å². The van der Waals surface area contributed by atoms with E-state index in [1.54, 1.807) is 36.4 Å². The largest absolute Gasteiger partial charge is 0.350 e. The van der Waals surface area contributed by atoms with Crippen molar-refractivity contribution < 1.29 is 22.0 Å². The standard InChI is InChI=1S/C23H15F5N2S/c24-18-19(25)21(27)23(22(28)20(18)26)30-15(13-7-3-1-4-8-13)11-17-29-16(12-31-17)14-9-5-2-6-10-14/h1-11,16,30H,12H2. The van der Waals surface area contributed by atoms with Gasteiger partial charge < -0.3 is 5.32 Å². The second-order valence-electron chi connectivity index (χ2n) is 6.70. The third-order valence-corrected chi connectivity index (χ3v) is 5.68. The van der Waals surface area contributed by atoms with Gasteiger partial charge in [-0.1, -0.05) is 60.7 Å². The molecule has 1 atom stereocenters. The minimum atomic E-state index is -2.20. The molecule has 0 aromatic heterocycles. The molecule has 4 rings (SSSR count). The maximum Gasteiger partial charge on any atom is 0.200 e. The molecule has 1 heterocycles. The Morgan fingerprint density at radius 3 is 1.97 bits per heavy atom. The lowest BCUT2D eigenvalue weighted by Crippen LogP contribution is -2.10. The van der Waals surface area contributed by atoms with Gasteiger partial charge in [-0.25, -0.2) is 22.0 Å². The maximum atomic E-state index is 14.2. The lowest BCUT2D eigenvalue weighted by molar-refractivity contribution is 0.382. The summed E-state index contributed by atoms with van der Waals surface area (Å²) in [6.07, 6.45) is 1.54. The second-order valence-corrected chi connectivity index (χ2v) is 7.74. The van der Waals surface area contributed by atoms with Crippen LogP contribution in [0.4, 0.5) is 27.6 Å². The van der Waals surface area contributed by atoms with Crippen LogP contribution in [0.5, 0.6) is 0 Å². The van der Waals surface area contributed by atoms with Crippen molar-refractivity contribution in [3.8, 4) is 0 Å². The average molecular weight is 446 g/mol. The number of benzene rings is 3. The highest BCUT2D eigenvalue weighted by atomic mass is 32.2. The minimum absolute atomic E-state index is 0.0938. The van der Waals surface area contributed by atoms with Crippen molar-refractivity contribution in [3.05, 3.63) is 107 Å². The molecule has 0 fully saturated rings. The van der Waals surface area contributed by atoms with Gasteiger partial charge >= 0.3 is 0 Å². The van der Waals surface area contributed by atoms with Crippen LogP contribution in [0, 0.1) is 29.1 Å². The Balaban J connectivity index is 1.74. The summed E-state index contributed by atoms with van der Waals surface area (Å²) in [6, 6.07) is 18.0. The zero-order chi connectivity index (χ0) is 22.0. The van der Waals surface area contributed by atoms with Crippen LogP contribution < -0.4 is 5.32 Å². The van der Waals surface area contributed by atoms with Gasteiger partial charge in [-0.15, -0.1) is 11.8 Å². The summed E-state index contributed by atoms with van der Waals surface area (Å²) in [4.78, 5) is 4.63. The fraction of sp³-hybridized carbons (Fsp3) is 0.0870. The molecule has 3 aromatic rings. The summed E-state index contributed by atoms with van der Waals surface area (Å²) in [5.41, 5.74) is 0.559.